The predicted molar refractivity (Wildman–Crippen MR) is 111 cm³/mol. The van der Waals surface area contributed by atoms with Crippen LogP contribution in [-0.4, -0.2) is 47.1 Å². The molecular formula is C23H21F2N3O5. The van der Waals surface area contributed by atoms with Crippen LogP contribution >= 0.6 is 0 Å². The minimum Gasteiger partial charge on any atom is -0.496 e. The Morgan fingerprint density at radius 1 is 1.15 bits per heavy atom. The molecule has 3 aromatic rings. The van der Waals surface area contributed by atoms with Gasteiger partial charge in [0.1, 0.15) is 17.4 Å². The van der Waals surface area contributed by atoms with Gasteiger partial charge in [0, 0.05) is 19.2 Å². The number of likely N-dealkylation sites (tertiary alicyclic amines) is 1. The molecule has 0 saturated carbocycles. The van der Waals surface area contributed by atoms with Gasteiger partial charge in [-0.15, -0.1) is 0 Å². The van der Waals surface area contributed by atoms with Crippen LogP contribution in [0.15, 0.2) is 47.0 Å². The van der Waals surface area contributed by atoms with Crippen molar-refractivity contribution in [3.63, 3.8) is 0 Å². The largest absolute Gasteiger partial charge is 0.496 e. The average Bonchev–Trinajstić information content (AvgIpc) is 3.31. The second-order valence-corrected chi connectivity index (χ2v) is 7.51. The summed E-state index contributed by atoms with van der Waals surface area (Å²) in [4.78, 5) is 30.6. The third-order valence-electron chi connectivity index (χ3n) is 5.43. The highest BCUT2D eigenvalue weighted by molar-refractivity contribution is 5.94. The Morgan fingerprint density at radius 3 is 2.64 bits per heavy atom. The Hall–Kier alpha value is -3.82. The fourth-order valence-electron chi connectivity index (χ4n) is 3.65. The van der Waals surface area contributed by atoms with Crippen LogP contribution in [0.25, 0.3) is 11.4 Å². The van der Waals surface area contributed by atoms with Crippen LogP contribution in [0.2, 0.25) is 0 Å². The SMILES string of the molecule is COc1ccccc1-c1noc(COC(=O)C2CCN(C(=O)c3ccc(F)cc3F)CC2)n1. The van der Waals surface area contributed by atoms with Gasteiger partial charge in [-0.1, -0.05) is 17.3 Å². The molecule has 1 saturated heterocycles. The van der Waals surface area contributed by atoms with E-state index in [1.807, 2.05) is 12.1 Å². The van der Waals surface area contributed by atoms with Crippen LogP contribution in [0.1, 0.15) is 29.1 Å². The summed E-state index contributed by atoms with van der Waals surface area (Å²) in [6.07, 6.45) is 0.730. The molecule has 0 bridgehead atoms. The third kappa shape index (κ3) is 5.00. The molecular weight excluding hydrogens is 436 g/mol. The molecule has 0 atom stereocenters. The predicted octanol–water partition coefficient (Wildman–Crippen LogP) is 3.62. The van der Waals surface area contributed by atoms with E-state index in [1.165, 1.54) is 12.0 Å². The molecule has 0 aliphatic carbocycles. The summed E-state index contributed by atoms with van der Waals surface area (Å²) < 4.78 is 42.7. The first kappa shape index (κ1) is 22.4. The van der Waals surface area contributed by atoms with Gasteiger partial charge >= 0.3 is 5.97 Å². The molecule has 10 heteroatoms. The van der Waals surface area contributed by atoms with Crippen molar-refractivity contribution in [1.82, 2.24) is 15.0 Å². The van der Waals surface area contributed by atoms with Crippen LogP contribution in [0, 0.1) is 17.6 Å². The molecule has 33 heavy (non-hydrogen) atoms. The lowest BCUT2D eigenvalue weighted by atomic mass is 9.96. The van der Waals surface area contributed by atoms with E-state index in [0.717, 1.165) is 12.1 Å². The molecule has 1 amide bonds. The lowest BCUT2D eigenvalue weighted by molar-refractivity contribution is -0.152. The maximum Gasteiger partial charge on any atom is 0.309 e. The lowest BCUT2D eigenvalue weighted by Crippen LogP contribution is -2.41. The number of halogens is 2. The average molecular weight is 457 g/mol. The number of nitrogens with zero attached hydrogens (tertiary/aromatic N) is 3. The maximum atomic E-state index is 13.9. The normalized spacial score (nSPS) is 14.2. The molecule has 1 aliphatic heterocycles. The molecule has 1 aliphatic rings. The van der Waals surface area contributed by atoms with Crippen LogP contribution < -0.4 is 4.74 Å². The Morgan fingerprint density at radius 2 is 1.91 bits per heavy atom. The number of ether oxygens (including phenoxy) is 2. The zero-order valence-electron chi connectivity index (χ0n) is 17.8. The van der Waals surface area contributed by atoms with Crippen molar-refractivity contribution in [3.8, 4) is 17.1 Å². The van der Waals surface area contributed by atoms with E-state index in [-0.39, 0.29) is 31.2 Å². The summed E-state index contributed by atoms with van der Waals surface area (Å²) >= 11 is 0. The van der Waals surface area contributed by atoms with Crippen molar-refractivity contribution in [1.29, 1.82) is 0 Å². The molecule has 2 aromatic carbocycles. The lowest BCUT2D eigenvalue weighted by Gasteiger charge is -2.31. The van der Waals surface area contributed by atoms with Crippen molar-refractivity contribution < 1.29 is 32.4 Å². The molecule has 0 unspecified atom stereocenters. The third-order valence-corrected chi connectivity index (χ3v) is 5.43. The van der Waals surface area contributed by atoms with Gasteiger partial charge in [0.25, 0.3) is 11.8 Å². The van der Waals surface area contributed by atoms with Gasteiger partial charge in [0.15, 0.2) is 6.61 Å². The Bertz CT molecular complexity index is 1160. The van der Waals surface area contributed by atoms with Crippen molar-refractivity contribution in [2.24, 2.45) is 5.92 Å². The van der Waals surface area contributed by atoms with E-state index in [2.05, 4.69) is 10.1 Å². The number of hydrogen-bond acceptors (Lipinski definition) is 7. The van der Waals surface area contributed by atoms with E-state index in [1.54, 1.807) is 12.1 Å². The summed E-state index contributed by atoms with van der Waals surface area (Å²) in [6.45, 7) is 0.336. The van der Waals surface area contributed by atoms with Crippen LogP contribution in [0.3, 0.4) is 0 Å². The zero-order valence-corrected chi connectivity index (χ0v) is 17.8. The number of carbonyl (C=O) groups excluding carboxylic acids is 2. The van der Waals surface area contributed by atoms with Crippen LogP contribution in [-0.2, 0) is 16.1 Å². The molecule has 1 aromatic heterocycles. The maximum absolute atomic E-state index is 13.9. The fourth-order valence-corrected chi connectivity index (χ4v) is 3.65. The minimum absolute atomic E-state index is 0.142. The van der Waals surface area contributed by atoms with E-state index < -0.39 is 29.4 Å². The Labute approximate surface area is 188 Å². The van der Waals surface area contributed by atoms with Crippen molar-refractivity contribution in [3.05, 3.63) is 65.6 Å². The Kier molecular flexibility index (Phi) is 6.62. The van der Waals surface area contributed by atoms with Gasteiger partial charge in [-0.3, -0.25) is 9.59 Å². The standard InChI is InChI=1S/C23H21F2N3O5/c1-31-19-5-3-2-4-17(19)21-26-20(33-27-21)13-32-23(30)14-8-10-28(11-9-14)22(29)16-7-6-15(24)12-18(16)25/h2-7,12,14H,8-11,13H2,1H3. The second kappa shape index (κ2) is 9.76. The number of carbonyl (C=O) groups is 2. The number of aromatic nitrogens is 2. The molecule has 0 spiro atoms. The number of piperidine rings is 1. The number of methoxy groups -OCH3 is 1. The van der Waals surface area contributed by atoms with Crippen molar-refractivity contribution in [2.45, 2.75) is 19.4 Å². The van der Waals surface area contributed by atoms with Gasteiger partial charge in [-0.2, -0.15) is 4.98 Å². The summed E-state index contributed by atoms with van der Waals surface area (Å²) in [5.41, 5.74) is 0.454. The monoisotopic (exact) mass is 457 g/mol. The number of amides is 1. The number of hydrogen-bond donors (Lipinski definition) is 0. The number of benzene rings is 2. The molecule has 1 fully saturated rings. The number of esters is 1. The first-order valence-corrected chi connectivity index (χ1v) is 10.3. The van der Waals surface area contributed by atoms with E-state index in [4.69, 9.17) is 14.0 Å². The van der Waals surface area contributed by atoms with Gasteiger partial charge in [-0.25, -0.2) is 8.78 Å². The van der Waals surface area contributed by atoms with Gasteiger partial charge in [0.2, 0.25) is 5.82 Å². The first-order valence-electron chi connectivity index (χ1n) is 10.3. The molecule has 172 valence electrons. The first-order chi connectivity index (χ1) is 16.0. The molecule has 0 radical (unpaired) electrons. The highest BCUT2D eigenvalue weighted by atomic mass is 19.1. The molecule has 8 nitrogen and oxygen atoms in total. The van der Waals surface area contributed by atoms with E-state index >= 15 is 0 Å². The minimum atomic E-state index is -0.909. The van der Waals surface area contributed by atoms with Crippen molar-refractivity contribution in [2.75, 3.05) is 20.2 Å². The second-order valence-electron chi connectivity index (χ2n) is 7.51. The summed E-state index contributed by atoms with van der Waals surface area (Å²) in [5.74, 6) is -1.99. The van der Waals surface area contributed by atoms with Gasteiger partial charge < -0.3 is 18.9 Å². The quantitative estimate of drug-likeness (QED) is 0.522. The highest BCUT2D eigenvalue weighted by Crippen LogP contribution is 2.27. The summed E-state index contributed by atoms with van der Waals surface area (Å²) in [6, 6.07) is 10.0. The Balaban J connectivity index is 1.29. The molecule has 0 N–H and O–H groups in total. The topological polar surface area (TPSA) is 94.8 Å². The van der Waals surface area contributed by atoms with Crippen LogP contribution in [0.4, 0.5) is 8.78 Å². The summed E-state index contributed by atoms with van der Waals surface area (Å²) in [5, 5.41) is 3.90. The van der Waals surface area contributed by atoms with Gasteiger partial charge in [0.05, 0.1) is 24.2 Å². The van der Waals surface area contributed by atoms with E-state index in [0.29, 0.717) is 36.0 Å². The fraction of sp³-hybridized carbons (Fsp3) is 0.304. The van der Waals surface area contributed by atoms with E-state index in [9.17, 15) is 18.4 Å². The number of para-hydroxylation sites is 1. The summed E-state index contributed by atoms with van der Waals surface area (Å²) in [7, 11) is 1.54. The molecule has 4 rings (SSSR count). The highest BCUT2D eigenvalue weighted by Gasteiger charge is 2.30. The smallest absolute Gasteiger partial charge is 0.309 e. The van der Waals surface area contributed by atoms with Crippen LogP contribution in [0.5, 0.6) is 5.75 Å². The molecule has 2 heterocycles. The zero-order chi connectivity index (χ0) is 23.4. The number of rotatable bonds is 6. The van der Waals surface area contributed by atoms with Gasteiger partial charge in [-0.05, 0) is 37.1 Å². The van der Waals surface area contributed by atoms with Crippen molar-refractivity contribution >= 4 is 11.9 Å².